The average molecular weight is 542 g/mol. The zero-order valence-electron chi connectivity index (χ0n) is 18.4. The van der Waals surface area contributed by atoms with Gasteiger partial charge in [-0.3, -0.25) is 4.79 Å². The van der Waals surface area contributed by atoms with E-state index in [-0.39, 0.29) is 31.9 Å². The van der Waals surface area contributed by atoms with Crippen LogP contribution in [0, 0.1) is 0 Å². The molecule has 194 valence electrons. The van der Waals surface area contributed by atoms with Gasteiger partial charge in [0.05, 0.1) is 16.8 Å². The van der Waals surface area contributed by atoms with E-state index in [1.807, 2.05) is 6.92 Å². The van der Waals surface area contributed by atoms with Crippen molar-refractivity contribution in [3.63, 3.8) is 0 Å². The molecule has 0 radical (unpaired) electrons. The third kappa shape index (κ3) is 4.53. The van der Waals surface area contributed by atoms with Crippen LogP contribution >= 0.6 is 11.6 Å². The normalized spacial score (nSPS) is 15.8. The van der Waals surface area contributed by atoms with Gasteiger partial charge in [0, 0.05) is 24.3 Å². The molecule has 0 bridgehead atoms. The summed E-state index contributed by atoms with van der Waals surface area (Å²) in [6, 6.07) is 4.18. The van der Waals surface area contributed by atoms with Gasteiger partial charge in [0.2, 0.25) is 0 Å². The summed E-state index contributed by atoms with van der Waals surface area (Å²) in [6.07, 6.45) is -8.33. The second-order valence-corrected chi connectivity index (χ2v) is 9.03. The molecule has 1 fully saturated rings. The number of halogens is 9. The molecular formula is C21H16ClF8N5O. The van der Waals surface area contributed by atoms with E-state index in [1.165, 1.54) is 18.2 Å². The summed E-state index contributed by atoms with van der Waals surface area (Å²) in [4.78, 5) is 12.6. The summed E-state index contributed by atoms with van der Waals surface area (Å²) in [5.41, 5.74) is -4.62. The lowest BCUT2D eigenvalue weighted by Crippen LogP contribution is -2.36. The Morgan fingerprint density at radius 1 is 1.08 bits per heavy atom. The minimum atomic E-state index is -6.31. The monoisotopic (exact) mass is 541 g/mol. The van der Waals surface area contributed by atoms with Crippen LogP contribution in [0.15, 0.2) is 30.6 Å². The standard InChI is InChI=1S/C21H16ClF8N5O/c1-18(5-6-18)32-16(36)12-7-10(3-4-13(12)22)11-8-31-35(9-11)17-14(20(25,26)27)15(33-34(17)2)19(23,24)21(28,29)30/h3-4,7-9H,5-6H2,1-2H3,(H,32,36). The Bertz CT molecular complexity index is 1340. The van der Waals surface area contributed by atoms with Gasteiger partial charge >= 0.3 is 18.3 Å². The topological polar surface area (TPSA) is 64.7 Å². The summed E-state index contributed by atoms with van der Waals surface area (Å²) in [7, 11) is 0.783. The molecule has 3 aromatic rings. The molecular weight excluding hydrogens is 526 g/mol. The lowest BCUT2D eigenvalue weighted by molar-refractivity contribution is -0.292. The third-order valence-electron chi connectivity index (χ3n) is 5.71. The molecule has 0 unspecified atom stereocenters. The Morgan fingerprint density at radius 3 is 2.28 bits per heavy atom. The van der Waals surface area contributed by atoms with Crippen LogP contribution in [0.2, 0.25) is 5.02 Å². The summed E-state index contributed by atoms with van der Waals surface area (Å²) in [5, 5.41) is 9.50. The Kier molecular flexibility index (Phi) is 5.89. The maximum absolute atomic E-state index is 13.9. The fraction of sp³-hybridized carbons (Fsp3) is 0.381. The van der Waals surface area contributed by atoms with E-state index in [9.17, 15) is 39.9 Å². The van der Waals surface area contributed by atoms with Crippen LogP contribution in [0.5, 0.6) is 0 Å². The van der Waals surface area contributed by atoms with Crippen molar-refractivity contribution in [2.75, 3.05) is 0 Å². The first-order valence-electron chi connectivity index (χ1n) is 10.2. The van der Waals surface area contributed by atoms with Crippen LogP contribution in [0.1, 0.15) is 41.4 Å². The van der Waals surface area contributed by atoms with E-state index in [0.29, 0.717) is 4.68 Å². The quantitative estimate of drug-likeness (QED) is 0.410. The van der Waals surface area contributed by atoms with Crippen LogP contribution in [-0.2, 0) is 19.1 Å². The van der Waals surface area contributed by atoms with Gasteiger partial charge < -0.3 is 5.32 Å². The van der Waals surface area contributed by atoms with Crippen molar-refractivity contribution in [2.24, 2.45) is 7.05 Å². The van der Waals surface area contributed by atoms with Gasteiger partial charge in [0.15, 0.2) is 11.5 Å². The Morgan fingerprint density at radius 2 is 1.72 bits per heavy atom. The Hall–Kier alpha value is -3.16. The molecule has 1 N–H and O–H groups in total. The van der Waals surface area contributed by atoms with Crippen LogP contribution in [0.4, 0.5) is 35.1 Å². The first kappa shape index (κ1) is 25.9. The van der Waals surface area contributed by atoms with E-state index >= 15 is 0 Å². The van der Waals surface area contributed by atoms with Gasteiger partial charge in [-0.2, -0.15) is 45.3 Å². The lowest BCUT2D eigenvalue weighted by atomic mass is 10.1. The molecule has 0 atom stereocenters. The minimum absolute atomic E-state index is 0.0821. The smallest absolute Gasteiger partial charge is 0.347 e. The van der Waals surface area contributed by atoms with Gasteiger partial charge in [-0.15, -0.1) is 0 Å². The molecule has 1 aliphatic carbocycles. The number of aromatic nitrogens is 4. The molecule has 1 aliphatic rings. The highest BCUT2D eigenvalue weighted by Gasteiger charge is 2.64. The van der Waals surface area contributed by atoms with Gasteiger partial charge in [0.1, 0.15) is 5.56 Å². The van der Waals surface area contributed by atoms with Crippen LogP contribution in [0.3, 0.4) is 0 Å². The number of aryl methyl sites for hydroxylation is 1. The van der Waals surface area contributed by atoms with E-state index in [2.05, 4.69) is 15.5 Å². The molecule has 1 amide bonds. The van der Waals surface area contributed by atoms with Crippen molar-refractivity contribution in [2.45, 2.75) is 43.6 Å². The molecule has 6 nitrogen and oxygen atoms in total. The van der Waals surface area contributed by atoms with Crippen LogP contribution < -0.4 is 5.32 Å². The molecule has 0 spiro atoms. The Balaban J connectivity index is 1.78. The van der Waals surface area contributed by atoms with Gasteiger partial charge in [-0.25, -0.2) is 9.36 Å². The first-order chi connectivity index (χ1) is 16.4. The van der Waals surface area contributed by atoms with Crippen molar-refractivity contribution < 1.29 is 39.9 Å². The van der Waals surface area contributed by atoms with E-state index in [0.717, 1.165) is 32.3 Å². The molecule has 4 rings (SSSR count). The minimum Gasteiger partial charge on any atom is -0.347 e. The van der Waals surface area contributed by atoms with Crippen molar-refractivity contribution in [1.82, 2.24) is 24.9 Å². The van der Waals surface area contributed by atoms with Crippen LogP contribution in [0.25, 0.3) is 16.9 Å². The number of nitrogens with one attached hydrogen (secondary N) is 1. The van der Waals surface area contributed by atoms with Gasteiger partial charge in [-0.05, 0) is 37.5 Å². The average Bonchev–Trinajstić information content (AvgIpc) is 3.13. The molecule has 0 aliphatic heterocycles. The number of benzene rings is 1. The molecule has 36 heavy (non-hydrogen) atoms. The summed E-state index contributed by atoms with van der Waals surface area (Å²) >= 11 is 6.12. The molecule has 2 aromatic heterocycles. The van der Waals surface area contributed by atoms with E-state index in [4.69, 9.17) is 11.6 Å². The highest BCUT2D eigenvalue weighted by Crippen LogP contribution is 2.49. The van der Waals surface area contributed by atoms with Crippen LogP contribution in [-0.4, -0.2) is 37.2 Å². The van der Waals surface area contributed by atoms with Crippen molar-refractivity contribution in [3.8, 4) is 16.9 Å². The summed E-state index contributed by atoms with van der Waals surface area (Å²) in [6.45, 7) is 1.84. The predicted molar refractivity (Wildman–Crippen MR) is 111 cm³/mol. The fourth-order valence-corrected chi connectivity index (χ4v) is 3.72. The predicted octanol–water partition coefficient (Wildman–Crippen LogP) is 5.88. The maximum Gasteiger partial charge on any atom is 0.459 e. The number of hydrogen-bond donors (Lipinski definition) is 1. The number of amides is 1. The zero-order chi connectivity index (χ0) is 26.8. The summed E-state index contributed by atoms with van der Waals surface area (Å²) in [5.74, 6) is -7.50. The highest BCUT2D eigenvalue weighted by molar-refractivity contribution is 6.34. The van der Waals surface area contributed by atoms with Gasteiger partial charge in [0.25, 0.3) is 5.91 Å². The summed E-state index contributed by atoms with van der Waals surface area (Å²) < 4.78 is 108. The third-order valence-corrected chi connectivity index (χ3v) is 6.04. The van der Waals surface area contributed by atoms with E-state index < -0.39 is 41.3 Å². The Labute approximate surface area is 202 Å². The van der Waals surface area contributed by atoms with Crippen molar-refractivity contribution in [3.05, 3.63) is 52.4 Å². The molecule has 0 saturated heterocycles. The second kappa shape index (κ2) is 8.18. The number of nitrogens with zero attached hydrogens (tertiary/aromatic N) is 4. The number of rotatable bonds is 5. The largest absolute Gasteiger partial charge is 0.459 e. The van der Waals surface area contributed by atoms with Crippen molar-refractivity contribution in [1.29, 1.82) is 0 Å². The molecule has 1 saturated carbocycles. The van der Waals surface area contributed by atoms with Crippen molar-refractivity contribution >= 4 is 17.5 Å². The number of hydrogen-bond acceptors (Lipinski definition) is 3. The molecule has 1 aromatic carbocycles. The molecule has 15 heteroatoms. The van der Waals surface area contributed by atoms with E-state index in [1.54, 1.807) is 0 Å². The molecule has 2 heterocycles. The van der Waals surface area contributed by atoms with Gasteiger partial charge in [-0.1, -0.05) is 17.7 Å². The first-order valence-corrected chi connectivity index (χ1v) is 10.6. The zero-order valence-corrected chi connectivity index (χ0v) is 19.2. The SMILES string of the molecule is Cn1nc(C(F)(F)C(F)(F)F)c(C(F)(F)F)c1-n1cc(-c2ccc(Cl)c(C(=O)NC3(C)CC3)c2)cn1. The lowest BCUT2D eigenvalue weighted by Gasteiger charge is -2.19. The fourth-order valence-electron chi connectivity index (χ4n) is 3.51. The maximum atomic E-state index is 13.9. The number of carbonyl (C=O) groups excluding carboxylic acids is 1. The number of alkyl halides is 8. The highest BCUT2D eigenvalue weighted by atomic mass is 35.5. The second-order valence-electron chi connectivity index (χ2n) is 8.62. The number of carbonyl (C=O) groups is 1.